The highest BCUT2D eigenvalue weighted by molar-refractivity contribution is 5.48. The topological polar surface area (TPSA) is 53.7 Å². The van der Waals surface area contributed by atoms with Gasteiger partial charge >= 0.3 is 0 Å². The molecule has 0 fully saturated rings. The summed E-state index contributed by atoms with van der Waals surface area (Å²) in [7, 11) is 4.95. The van der Waals surface area contributed by atoms with Gasteiger partial charge in [0.15, 0.2) is 0 Å². The van der Waals surface area contributed by atoms with E-state index in [-0.39, 0.29) is 0 Å². The smallest absolute Gasteiger partial charge is 0.126 e. The summed E-state index contributed by atoms with van der Waals surface area (Å²) in [5.41, 5.74) is 7.60. The summed E-state index contributed by atoms with van der Waals surface area (Å²) in [6.45, 7) is 1.10. The van der Waals surface area contributed by atoms with Crippen molar-refractivity contribution in [2.24, 2.45) is 5.73 Å². The first-order valence-corrected chi connectivity index (χ1v) is 5.19. The number of hydrogen-bond acceptors (Lipinski definition) is 4. The molecule has 0 aromatic heterocycles. The number of ether oxygens (including phenoxy) is 3. The van der Waals surface area contributed by atoms with E-state index in [9.17, 15) is 0 Å². The molecular weight excluding hydrogens is 206 g/mol. The third kappa shape index (κ3) is 2.87. The van der Waals surface area contributed by atoms with Crippen LogP contribution in [0.15, 0.2) is 12.1 Å². The van der Waals surface area contributed by atoms with Crippen molar-refractivity contribution in [2.45, 2.75) is 13.0 Å². The highest BCUT2D eigenvalue weighted by Gasteiger charge is 2.11. The van der Waals surface area contributed by atoms with Gasteiger partial charge < -0.3 is 19.9 Å². The molecule has 0 saturated carbocycles. The van der Waals surface area contributed by atoms with Crippen molar-refractivity contribution >= 4 is 0 Å². The van der Waals surface area contributed by atoms with Crippen molar-refractivity contribution in [2.75, 3.05) is 27.9 Å². The number of nitrogens with two attached hydrogens (primary N) is 1. The van der Waals surface area contributed by atoms with Crippen LogP contribution in [0.2, 0.25) is 0 Å². The Hall–Kier alpha value is -1.26. The molecule has 0 bridgehead atoms. The summed E-state index contributed by atoms with van der Waals surface area (Å²) in [6.07, 6.45) is 0.736. The Morgan fingerprint density at radius 3 is 2.00 bits per heavy atom. The Kier molecular flexibility index (Phi) is 5.08. The molecule has 4 heteroatoms. The van der Waals surface area contributed by atoms with E-state index in [1.165, 1.54) is 0 Å². The fourth-order valence-electron chi connectivity index (χ4n) is 1.68. The molecule has 90 valence electrons. The predicted octanol–water partition coefficient (Wildman–Crippen LogP) is 1.35. The fraction of sp³-hybridized carbons (Fsp3) is 0.500. The van der Waals surface area contributed by atoms with Crippen LogP contribution in [0.1, 0.15) is 11.1 Å². The van der Waals surface area contributed by atoms with Gasteiger partial charge in [-0.2, -0.15) is 0 Å². The van der Waals surface area contributed by atoms with Crippen LogP contribution in [0.25, 0.3) is 0 Å². The number of benzene rings is 1. The van der Waals surface area contributed by atoms with Gasteiger partial charge in [0.05, 0.1) is 20.8 Å². The van der Waals surface area contributed by atoms with E-state index < -0.39 is 0 Å². The van der Waals surface area contributed by atoms with Crippen molar-refractivity contribution in [1.29, 1.82) is 0 Å². The molecule has 1 aromatic rings. The lowest BCUT2D eigenvalue weighted by Gasteiger charge is -2.14. The maximum Gasteiger partial charge on any atom is 0.126 e. The maximum absolute atomic E-state index is 5.57. The molecule has 0 spiro atoms. The van der Waals surface area contributed by atoms with Gasteiger partial charge in [0.1, 0.15) is 11.5 Å². The van der Waals surface area contributed by atoms with Crippen molar-refractivity contribution < 1.29 is 14.2 Å². The summed E-state index contributed by atoms with van der Waals surface area (Å²) in [6, 6.07) is 3.91. The molecule has 0 aliphatic heterocycles. The van der Waals surface area contributed by atoms with Crippen molar-refractivity contribution in [3.63, 3.8) is 0 Å². The van der Waals surface area contributed by atoms with Crippen LogP contribution in [0.3, 0.4) is 0 Å². The summed E-state index contributed by atoms with van der Waals surface area (Å²) >= 11 is 0. The van der Waals surface area contributed by atoms with Crippen LogP contribution in [0, 0.1) is 0 Å². The van der Waals surface area contributed by atoms with Gasteiger partial charge in [0, 0.05) is 12.7 Å². The van der Waals surface area contributed by atoms with Gasteiger partial charge in [-0.15, -0.1) is 0 Å². The van der Waals surface area contributed by atoms with Gasteiger partial charge in [-0.1, -0.05) is 0 Å². The molecule has 16 heavy (non-hydrogen) atoms. The van der Waals surface area contributed by atoms with Gasteiger partial charge in [0.2, 0.25) is 0 Å². The predicted molar refractivity (Wildman–Crippen MR) is 63.0 cm³/mol. The molecule has 0 atom stereocenters. The summed E-state index contributed by atoms with van der Waals surface area (Å²) < 4.78 is 15.8. The molecule has 0 heterocycles. The van der Waals surface area contributed by atoms with Crippen LogP contribution in [-0.4, -0.2) is 27.9 Å². The molecule has 0 radical (unpaired) electrons. The normalized spacial score (nSPS) is 10.2. The van der Waals surface area contributed by atoms with Crippen molar-refractivity contribution in [3.8, 4) is 11.5 Å². The van der Waals surface area contributed by atoms with Crippen LogP contribution < -0.4 is 15.2 Å². The van der Waals surface area contributed by atoms with Crippen LogP contribution in [0.4, 0.5) is 0 Å². The molecular formula is C12H19NO3. The van der Waals surface area contributed by atoms with E-state index in [0.29, 0.717) is 13.2 Å². The molecule has 2 N–H and O–H groups in total. The highest BCUT2D eigenvalue weighted by atomic mass is 16.5. The van der Waals surface area contributed by atoms with Gasteiger partial charge in [0.25, 0.3) is 0 Å². The summed E-state index contributed by atoms with van der Waals surface area (Å²) in [5.74, 6) is 1.61. The molecule has 0 aliphatic rings. The van der Waals surface area contributed by atoms with E-state index in [4.69, 9.17) is 19.9 Å². The lowest BCUT2D eigenvalue weighted by Crippen LogP contribution is -2.07. The first kappa shape index (κ1) is 12.8. The van der Waals surface area contributed by atoms with E-state index in [1.807, 2.05) is 12.1 Å². The average Bonchev–Trinajstić information content (AvgIpc) is 2.31. The molecule has 0 unspecified atom stereocenters. The Labute approximate surface area is 96.3 Å². The largest absolute Gasteiger partial charge is 0.496 e. The Balaban J connectivity index is 3.14. The van der Waals surface area contributed by atoms with Crippen LogP contribution in [-0.2, 0) is 17.8 Å². The molecule has 0 aliphatic carbocycles. The van der Waals surface area contributed by atoms with Crippen molar-refractivity contribution in [3.05, 3.63) is 23.3 Å². The van der Waals surface area contributed by atoms with Crippen LogP contribution in [0.5, 0.6) is 11.5 Å². The lowest BCUT2D eigenvalue weighted by molar-refractivity contribution is 0.184. The maximum atomic E-state index is 5.57. The summed E-state index contributed by atoms with van der Waals surface area (Å²) in [5, 5.41) is 0. The highest BCUT2D eigenvalue weighted by Crippen LogP contribution is 2.31. The zero-order valence-corrected chi connectivity index (χ0v) is 10.1. The minimum absolute atomic E-state index is 0.537. The summed E-state index contributed by atoms with van der Waals surface area (Å²) in [4.78, 5) is 0. The molecule has 4 nitrogen and oxygen atoms in total. The molecule has 1 rings (SSSR count). The minimum Gasteiger partial charge on any atom is -0.496 e. The van der Waals surface area contributed by atoms with Crippen LogP contribution >= 0.6 is 0 Å². The molecule has 1 aromatic carbocycles. The van der Waals surface area contributed by atoms with E-state index in [2.05, 4.69) is 0 Å². The monoisotopic (exact) mass is 225 g/mol. The second-order valence-electron chi connectivity index (χ2n) is 3.45. The number of methoxy groups -OCH3 is 3. The zero-order valence-electron chi connectivity index (χ0n) is 10.1. The first-order chi connectivity index (χ1) is 7.76. The van der Waals surface area contributed by atoms with E-state index >= 15 is 0 Å². The van der Waals surface area contributed by atoms with Gasteiger partial charge in [-0.05, 0) is 30.7 Å². The fourth-order valence-corrected chi connectivity index (χ4v) is 1.68. The molecule has 0 saturated heterocycles. The Bertz CT molecular complexity index is 314. The first-order valence-electron chi connectivity index (χ1n) is 5.19. The van der Waals surface area contributed by atoms with E-state index in [0.717, 1.165) is 29.0 Å². The minimum atomic E-state index is 0.537. The quantitative estimate of drug-likeness (QED) is 0.794. The standard InChI is InChI=1S/C12H19NO3/c1-14-8-9-6-11(15-2)10(4-5-13)12(7-9)16-3/h6-7H,4-5,8,13H2,1-3H3. The molecule has 0 amide bonds. The third-order valence-electron chi connectivity index (χ3n) is 2.37. The number of hydrogen-bond donors (Lipinski definition) is 1. The second kappa shape index (κ2) is 6.35. The lowest BCUT2D eigenvalue weighted by atomic mass is 10.1. The third-order valence-corrected chi connectivity index (χ3v) is 2.37. The Morgan fingerprint density at radius 1 is 1.06 bits per heavy atom. The van der Waals surface area contributed by atoms with Gasteiger partial charge in [-0.25, -0.2) is 0 Å². The second-order valence-corrected chi connectivity index (χ2v) is 3.45. The Morgan fingerprint density at radius 2 is 1.62 bits per heavy atom. The van der Waals surface area contributed by atoms with Gasteiger partial charge in [-0.3, -0.25) is 0 Å². The van der Waals surface area contributed by atoms with E-state index in [1.54, 1.807) is 21.3 Å². The SMILES string of the molecule is COCc1cc(OC)c(CCN)c(OC)c1. The zero-order chi connectivity index (χ0) is 12.0. The van der Waals surface area contributed by atoms with Crippen molar-refractivity contribution in [1.82, 2.24) is 0 Å². The number of rotatable bonds is 6. The average molecular weight is 225 g/mol.